The highest BCUT2D eigenvalue weighted by Gasteiger charge is 2.29. The number of aryl methyl sites for hydroxylation is 3. The second-order valence-electron chi connectivity index (χ2n) is 8.63. The van der Waals surface area contributed by atoms with Gasteiger partial charge < -0.3 is 16.0 Å². The van der Waals surface area contributed by atoms with Crippen LogP contribution in [0.5, 0.6) is 0 Å². The molecule has 5 heteroatoms. The topological polar surface area (TPSA) is 75.4 Å². The average Bonchev–Trinajstić information content (AvgIpc) is 2.81. The Hall–Kier alpha value is -3.44. The van der Waals surface area contributed by atoms with Crippen LogP contribution in [-0.2, 0) is 16.0 Å². The van der Waals surface area contributed by atoms with E-state index in [4.69, 9.17) is 5.73 Å². The summed E-state index contributed by atoms with van der Waals surface area (Å²) >= 11 is 0. The summed E-state index contributed by atoms with van der Waals surface area (Å²) in [5.41, 5.74) is 11.9. The van der Waals surface area contributed by atoms with Crippen molar-refractivity contribution in [2.75, 3.05) is 11.4 Å². The molecular formula is C28H33N3O2. The van der Waals surface area contributed by atoms with Crippen LogP contribution >= 0.6 is 0 Å². The fourth-order valence-corrected chi connectivity index (χ4v) is 3.62. The van der Waals surface area contributed by atoms with Crippen LogP contribution in [-0.4, -0.2) is 24.4 Å². The number of benzene rings is 3. The van der Waals surface area contributed by atoms with Gasteiger partial charge in [-0.2, -0.15) is 0 Å². The molecule has 3 N–H and O–H groups in total. The van der Waals surface area contributed by atoms with Gasteiger partial charge in [0.2, 0.25) is 5.91 Å². The van der Waals surface area contributed by atoms with Crippen molar-refractivity contribution < 1.29 is 9.59 Å². The molecule has 0 heterocycles. The molecule has 172 valence electrons. The Kier molecular flexibility index (Phi) is 8.01. The second-order valence-corrected chi connectivity index (χ2v) is 8.63. The van der Waals surface area contributed by atoms with Gasteiger partial charge in [-0.1, -0.05) is 66.2 Å². The first-order chi connectivity index (χ1) is 15.8. The SMILES string of the molecule is Cc1ccc(CCN(C(=O)C(NC(=O)[C@H](C)N)c2ccccc2)c2ccc(C)c(C)c2)cc1. The summed E-state index contributed by atoms with van der Waals surface area (Å²) < 4.78 is 0. The highest BCUT2D eigenvalue weighted by molar-refractivity contribution is 6.00. The van der Waals surface area contributed by atoms with Crippen LogP contribution < -0.4 is 16.0 Å². The number of nitrogens with one attached hydrogen (secondary N) is 1. The first-order valence-corrected chi connectivity index (χ1v) is 11.3. The quantitative estimate of drug-likeness (QED) is 0.542. The van der Waals surface area contributed by atoms with E-state index in [0.717, 1.165) is 27.9 Å². The Labute approximate surface area is 196 Å². The van der Waals surface area contributed by atoms with Crippen molar-refractivity contribution in [3.8, 4) is 0 Å². The fourth-order valence-electron chi connectivity index (χ4n) is 3.62. The molecule has 0 aromatic heterocycles. The molecule has 3 rings (SSSR count). The molecule has 0 aliphatic rings. The van der Waals surface area contributed by atoms with Crippen molar-refractivity contribution in [1.29, 1.82) is 0 Å². The third-order valence-corrected chi connectivity index (χ3v) is 5.89. The van der Waals surface area contributed by atoms with Crippen LogP contribution in [0.15, 0.2) is 72.8 Å². The molecule has 3 aromatic rings. The molecule has 3 aromatic carbocycles. The Morgan fingerprint density at radius 3 is 2.18 bits per heavy atom. The van der Waals surface area contributed by atoms with Crippen LogP contribution in [0.25, 0.3) is 0 Å². The normalized spacial score (nSPS) is 12.6. The predicted octanol–water partition coefficient (Wildman–Crippen LogP) is 4.39. The summed E-state index contributed by atoms with van der Waals surface area (Å²) in [5.74, 6) is -0.554. The van der Waals surface area contributed by atoms with Crippen LogP contribution in [0.2, 0.25) is 0 Å². The number of anilines is 1. The lowest BCUT2D eigenvalue weighted by Gasteiger charge is -2.29. The van der Waals surface area contributed by atoms with Gasteiger partial charge in [-0.05, 0) is 68.5 Å². The summed E-state index contributed by atoms with van der Waals surface area (Å²) in [7, 11) is 0. The minimum absolute atomic E-state index is 0.189. The molecule has 0 aliphatic heterocycles. The number of rotatable bonds is 8. The number of carbonyl (C=O) groups is 2. The molecular weight excluding hydrogens is 410 g/mol. The monoisotopic (exact) mass is 443 g/mol. The van der Waals surface area contributed by atoms with E-state index in [1.165, 1.54) is 5.56 Å². The summed E-state index contributed by atoms with van der Waals surface area (Å²) in [6.07, 6.45) is 0.696. The molecule has 2 amide bonds. The molecule has 0 saturated heterocycles. The molecule has 5 nitrogen and oxygen atoms in total. The van der Waals surface area contributed by atoms with Gasteiger partial charge >= 0.3 is 0 Å². The summed E-state index contributed by atoms with van der Waals surface area (Å²) in [6.45, 7) is 8.24. The molecule has 0 bridgehead atoms. The van der Waals surface area contributed by atoms with Gasteiger partial charge in [-0.3, -0.25) is 9.59 Å². The van der Waals surface area contributed by atoms with E-state index < -0.39 is 12.1 Å². The maximum absolute atomic E-state index is 13.9. The van der Waals surface area contributed by atoms with E-state index in [9.17, 15) is 9.59 Å². The van der Waals surface area contributed by atoms with E-state index >= 15 is 0 Å². The third-order valence-electron chi connectivity index (χ3n) is 5.89. The first-order valence-electron chi connectivity index (χ1n) is 11.3. The molecule has 33 heavy (non-hydrogen) atoms. The minimum Gasteiger partial charge on any atom is -0.339 e. The fraction of sp³-hybridized carbons (Fsp3) is 0.286. The largest absolute Gasteiger partial charge is 0.339 e. The molecule has 2 atom stereocenters. The van der Waals surface area contributed by atoms with E-state index in [1.807, 2.05) is 62.4 Å². The highest BCUT2D eigenvalue weighted by atomic mass is 16.2. The predicted molar refractivity (Wildman–Crippen MR) is 134 cm³/mol. The van der Waals surface area contributed by atoms with E-state index in [1.54, 1.807) is 11.8 Å². The maximum Gasteiger partial charge on any atom is 0.254 e. The molecule has 0 spiro atoms. The zero-order valence-corrected chi connectivity index (χ0v) is 19.8. The first kappa shape index (κ1) is 24.2. The third kappa shape index (κ3) is 6.30. The van der Waals surface area contributed by atoms with Gasteiger partial charge in [0.1, 0.15) is 6.04 Å². The molecule has 0 aliphatic carbocycles. The minimum atomic E-state index is -0.829. The number of hydrogen-bond donors (Lipinski definition) is 2. The highest BCUT2D eigenvalue weighted by Crippen LogP contribution is 2.24. The smallest absolute Gasteiger partial charge is 0.254 e. The lowest BCUT2D eigenvalue weighted by Crippen LogP contribution is -2.47. The van der Waals surface area contributed by atoms with Gasteiger partial charge in [0.05, 0.1) is 6.04 Å². The van der Waals surface area contributed by atoms with E-state index in [-0.39, 0.29) is 11.8 Å². The maximum atomic E-state index is 13.9. The lowest BCUT2D eigenvalue weighted by atomic mass is 10.0. The van der Waals surface area contributed by atoms with Gasteiger partial charge in [-0.15, -0.1) is 0 Å². The van der Waals surface area contributed by atoms with Crippen molar-refractivity contribution in [3.63, 3.8) is 0 Å². The second kappa shape index (κ2) is 10.9. The van der Waals surface area contributed by atoms with Crippen LogP contribution in [0.4, 0.5) is 5.69 Å². The average molecular weight is 444 g/mol. The Bertz CT molecular complexity index is 1090. The van der Waals surface area contributed by atoms with Gasteiger partial charge in [0, 0.05) is 12.2 Å². The van der Waals surface area contributed by atoms with Crippen molar-refractivity contribution >= 4 is 17.5 Å². The van der Waals surface area contributed by atoms with Crippen LogP contribution in [0.1, 0.15) is 40.8 Å². The Morgan fingerprint density at radius 2 is 1.58 bits per heavy atom. The Balaban J connectivity index is 1.97. The van der Waals surface area contributed by atoms with Gasteiger partial charge in [0.15, 0.2) is 0 Å². The van der Waals surface area contributed by atoms with Crippen molar-refractivity contribution in [3.05, 3.63) is 101 Å². The summed E-state index contributed by atoms with van der Waals surface area (Å²) in [5, 5.41) is 2.86. The molecule has 1 unspecified atom stereocenters. The molecule has 0 radical (unpaired) electrons. The standard InChI is InChI=1S/C28H33N3O2/c1-19-10-13-23(14-11-19)16-17-31(25-15-12-20(2)21(3)18-25)28(33)26(30-27(32)22(4)29)24-8-6-5-7-9-24/h5-15,18,22,26H,16-17,29H2,1-4H3,(H,30,32)/t22-,26?/m0/s1. The summed E-state index contributed by atoms with van der Waals surface area (Å²) in [6, 6.07) is 22.1. The van der Waals surface area contributed by atoms with Crippen LogP contribution in [0, 0.1) is 20.8 Å². The van der Waals surface area contributed by atoms with E-state index in [2.05, 4.69) is 36.5 Å². The zero-order valence-electron chi connectivity index (χ0n) is 19.8. The number of hydrogen-bond acceptors (Lipinski definition) is 3. The van der Waals surface area contributed by atoms with E-state index in [0.29, 0.717) is 13.0 Å². The van der Waals surface area contributed by atoms with Crippen LogP contribution in [0.3, 0.4) is 0 Å². The van der Waals surface area contributed by atoms with Crippen molar-refractivity contribution in [2.24, 2.45) is 5.73 Å². The Morgan fingerprint density at radius 1 is 0.909 bits per heavy atom. The lowest BCUT2D eigenvalue weighted by molar-refractivity contribution is -0.128. The zero-order chi connectivity index (χ0) is 24.0. The number of nitrogens with two attached hydrogens (primary N) is 1. The number of amides is 2. The van der Waals surface area contributed by atoms with Crippen molar-refractivity contribution in [1.82, 2.24) is 5.32 Å². The molecule has 0 saturated carbocycles. The van der Waals surface area contributed by atoms with Gasteiger partial charge in [0.25, 0.3) is 5.91 Å². The van der Waals surface area contributed by atoms with Crippen molar-refractivity contribution in [2.45, 2.75) is 46.2 Å². The number of nitrogens with zero attached hydrogens (tertiary/aromatic N) is 1. The summed E-state index contributed by atoms with van der Waals surface area (Å²) in [4.78, 5) is 28.2. The van der Waals surface area contributed by atoms with Gasteiger partial charge in [-0.25, -0.2) is 0 Å². The number of carbonyl (C=O) groups excluding carboxylic acids is 2. The molecule has 0 fully saturated rings.